The summed E-state index contributed by atoms with van der Waals surface area (Å²) in [5.41, 5.74) is 1.05. The van der Waals surface area contributed by atoms with E-state index in [2.05, 4.69) is 0 Å². The van der Waals surface area contributed by atoms with Crippen LogP contribution in [0.4, 0.5) is 0 Å². The van der Waals surface area contributed by atoms with Crippen molar-refractivity contribution in [3.05, 3.63) is 46.5 Å². The number of fused-ring (bicyclic) bond motifs is 1. The van der Waals surface area contributed by atoms with E-state index in [1.165, 1.54) is 27.4 Å². The Morgan fingerprint density at radius 3 is 2.37 bits per heavy atom. The molecule has 2 aromatic rings. The lowest BCUT2D eigenvalue weighted by Gasteiger charge is -2.18. The second-order valence-electron chi connectivity index (χ2n) is 5.60. The van der Waals surface area contributed by atoms with Crippen LogP contribution in [0.15, 0.2) is 30.3 Å². The molecule has 0 saturated heterocycles. The molecule has 142 valence electrons. The van der Waals surface area contributed by atoms with Crippen LogP contribution in [-0.4, -0.2) is 40.3 Å². The van der Waals surface area contributed by atoms with Gasteiger partial charge in [-0.1, -0.05) is 11.6 Å². The minimum Gasteiger partial charge on any atom is -0.493 e. The molecule has 3 rings (SSSR count). The van der Waals surface area contributed by atoms with Gasteiger partial charge in [0.05, 0.1) is 26.4 Å². The van der Waals surface area contributed by atoms with Gasteiger partial charge in [0.15, 0.2) is 28.8 Å². The first-order chi connectivity index (χ1) is 13.1. The number of halogens is 1. The minimum absolute atomic E-state index is 0.197. The van der Waals surface area contributed by atoms with Crippen LogP contribution in [-0.2, 0) is 0 Å². The van der Waals surface area contributed by atoms with Crippen molar-refractivity contribution in [3.8, 4) is 28.7 Å². The number of carbonyl (C=O) groups excluding carboxylic acids is 1. The van der Waals surface area contributed by atoms with Crippen LogP contribution >= 0.6 is 11.6 Å². The third-order valence-corrected chi connectivity index (χ3v) is 4.43. The zero-order valence-electron chi connectivity index (χ0n) is 15.2. The monoisotopic (exact) mass is 390 g/mol. The molecule has 2 aromatic carbocycles. The molecular formula is C20H19ClO6. The first-order valence-corrected chi connectivity index (χ1v) is 8.57. The fourth-order valence-electron chi connectivity index (χ4n) is 2.72. The highest BCUT2D eigenvalue weighted by Crippen LogP contribution is 2.45. The van der Waals surface area contributed by atoms with Crippen LogP contribution in [0.5, 0.6) is 28.7 Å². The summed E-state index contributed by atoms with van der Waals surface area (Å²) in [6.07, 6.45) is 3.03. The SMILES string of the molecule is COc1cc(/C=C/C(=O)c2ccc3c(c2)OCCO3)c(Cl)c(OC)c1OC. The van der Waals surface area contributed by atoms with Crippen LogP contribution in [0.2, 0.25) is 5.02 Å². The molecule has 0 aliphatic carbocycles. The molecular weight excluding hydrogens is 372 g/mol. The maximum atomic E-state index is 12.5. The molecule has 27 heavy (non-hydrogen) atoms. The van der Waals surface area contributed by atoms with E-state index in [-0.39, 0.29) is 5.78 Å². The molecule has 6 nitrogen and oxygen atoms in total. The third-order valence-electron chi connectivity index (χ3n) is 4.04. The molecule has 0 N–H and O–H groups in total. The Bertz CT molecular complexity index is 891. The Morgan fingerprint density at radius 2 is 1.70 bits per heavy atom. The standard InChI is InChI=1S/C20H19ClO6/c1-23-17-11-13(18(21)20(25-3)19(17)24-2)4-6-14(22)12-5-7-15-16(10-12)27-9-8-26-15/h4-7,10-11H,8-9H2,1-3H3/b6-4+. The van der Waals surface area contributed by atoms with Gasteiger partial charge in [-0.05, 0) is 36.4 Å². The highest BCUT2D eigenvalue weighted by Gasteiger charge is 2.19. The van der Waals surface area contributed by atoms with Crippen LogP contribution in [0.25, 0.3) is 6.08 Å². The van der Waals surface area contributed by atoms with Gasteiger partial charge in [0.2, 0.25) is 5.75 Å². The second-order valence-corrected chi connectivity index (χ2v) is 5.98. The molecule has 0 fully saturated rings. The summed E-state index contributed by atoms with van der Waals surface area (Å²) >= 11 is 6.39. The normalized spacial score (nSPS) is 12.7. The average Bonchev–Trinajstić information content (AvgIpc) is 2.71. The molecule has 0 saturated carbocycles. The maximum absolute atomic E-state index is 12.5. The van der Waals surface area contributed by atoms with Crippen molar-refractivity contribution in [3.63, 3.8) is 0 Å². The Hall–Kier alpha value is -2.86. The Balaban J connectivity index is 1.90. The van der Waals surface area contributed by atoms with Crippen LogP contribution < -0.4 is 23.7 Å². The number of benzene rings is 2. The van der Waals surface area contributed by atoms with Crippen LogP contribution in [0.1, 0.15) is 15.9 Å². The van der Waals surface area contributed by atoms with Crippen molar-refractivity contribution in [1.29, 1.82) is 0 Å². The predicted molar refractivity (Wildman–Crippen MR) is 102 cm³/mol. The molecule has 0 atom stereocenters. The number of carbonyl (C=O) groups is 1. The molecule has 0 spiro atoms. The molecule has 0 bridgehead atoms. The van der Waals surface area contributed by atoms with Gasteiger partial charge in [-0.3, -0.25) is 4.79 Å². The van der Waals surface area contributed by atoms with Crippen molar-refractivity contribution in [2.75, 3.05) is 34.5 Å². The number of rotatable bonds is 6. The zero-order valence-corrected chi connectivity index (χ0v) is 16.0. The van der Waals surface area contributed by atoms with E-state index in [1.807, 2.05) is 0 Å². The molecule has 1 heterocycles. The fourth-order valence-corrected chi connectivity index (χ4v) is 3.00. The highest BCUT2D eigenvalue weighted by molar-refractivity contribution is 6.34. The highest BCUT2D eigenvalue weighted by atomic mass is 35.5. The summed E-state index contributed by atoms with van der Waals surface area (Å²) in [7, 11) is 4.49. The van der Waals surface area contributed by atoms with Gasteiger partial charge in [0.1, 0.15) is 13.2 Å². The zero-order chi connectivity index (χ0) is 19.4. The Morgan fingerprint density at radius 1 is 1.00 bits per heavy atom. The summed E-state index contributed by atoms with van der Waals surface area (Å²) in [6, 6.07) is 6.76. The molecule has 7 heteroatoms. The van der Waals surface area contributed by atoms with Gasteiger partial charge < -0.3 is 23.7 Å². The number of ether oxygens (including phenoxy) is 5. The summed E-state index contributed by atoms with van der Waals surface area (Å²) in [6.45, 7) is 0.960. The molecule has 1 aliphatic rings. The van der Waals surface area contributed by atoms with Gasteiger partial charge in [0.25, 0.3) is 0 Å². The number of hydrogen-bond acceptors (Lipinski definition) is 6. The smallest absolute Gasteiger partial charge is 0.204 e. The van der Waals surface area contributed by atoms with Crippen LogP contribution in [0.3, 0.4) is 0 Å². The maximum Gasteiger partial charge on any atom is 0.204 e. The van der Waals surface area contributed by atoms with E-state index in [4.69, 9.17) is 35.3 Å². The van der Waals surface area contributed by atoms with Crippen molar-refractivity contribution < 1.29 is 28.5 Å². The van der Waals surface area contributed by atoms with E-state index in [9.17, 15) is 4.79 Å². The summed E-state index contributed by atoms with van der Waals surface area (Å²) in [4.78, 5) is 12.5. The molecule has 0 amide bonds. The fraction of sp³-hybridized carbons (Fsp3) is 0.250. The van der Waals surface area contributed by atoms with E-state index >= 15 is 0 Å². The van der Waals surface area contributed by atoms with E-state index in [0.29, 0.717) is 58.1 Å². The van der Waals surface area contributed by atoms with E-state index in [1.54, 1.807) is 30.3 Å². The van der Waals surface area contributed by atoms with Gasteiger partial charge in [-0.2, -0.15) is 0 Å². The van der Waals surface area contributed by atoms with Gasteiger partial charge >= 0.3 is 0 Å². The second kappa shape index (κ2) is 8.22. The number of hydrogen-bond donors (Lipinski definition) is 0. The quantitative estimate of drug-likeness (QED) is 0.548. The lowest BCUT2D eigenvalue weighted by molar-refractivity contribution is 0.104. The van der Waals surface area contributed by atoms with Crippen molar-refractivity contribution in [1.82, 2.24) is 0 Å². The molecule has 0 radical (unpaired) electrons. The average molecular weight is 391 g/mol. The molecule has 0 aromatic heterocycles. The summed E-state index contributed by atoms with van der Waals surface area (Å²) < 4.78 is 26.9. The molecule has 1 aliphatic heterocycles. The van der Waals surface area contributed by atoms with Crippen LogP contribution in [0, 0.1) is 0 Å². The third kappa shape index (κ3) is 3.80. The van der Waals surface area contributed by atoms with Crippen molar-refractivity contribution >= 4 is 23.5 Å². The number of allylic oxidation sites excluding steroid dienone is 1. The summed E-state index contributed by atoms with van der Waals surface area (Å²) in [5, 5.41) is 0.321. The Kier molecular flexibility index (Phi) is 5.76. The number of ketones is 1. The van der Waals surface area contributed by atoms with Gasteiger partial charge in [-0.25, -0.2) is 0 Å². The predicted octanol–water partition coefficient (Wildman–Crippen LogP) is 4.03. The lowest BCUT2D eigenvalue weighted by atomic mass is 10.1. The number of methoxy groups -OCH3 is 3. The Labute approximate surface area is 162 Å². The largest absolute Gasteiger partial charge is 0.493 e. The van der Waals surface area contributed by atoms with E-state index < -0.39 is 0 Å². The van der Waals surface area contributed by atoms with Gasteiger partial charge in [-0.15, -0.1) is 0 Å². The van der Waals surface area contributed by atoms with Gasteiger partial charge in [0, 0.05) is 11.1 Å². The minimum atomic E-state index is -0.197. The lowest BCUT2D eigenvalue weighted by Crippen LogP contribution is -2.15. The van der Waals surface area contributed by atoms with E-state index in [0.717, 1.165) is 0 Å². The van der Waals surface area contributed by atoms with Crippen molar-refractivity contribution in [2.24, 2.45) is 0 Å². The van der Waals surface area contributed by atoms with Crippen molar-refractivity contribution in [2.45, 2.75) is 0 Å². The summed E-state index contributed by atoms with van der Waals surface area (Å²) in [5.74, 6) is 2.17. The topological polar surface area (TPSA) is 63.2 Å². The first kappa shape index (κ1) is 18.9. The first-order valence-electron chi connectivity index (χ1n) is 8.19. The molecule has 0 unspecified atom stereocenters.